The lowest BCUT2D eigenvalue weighted by atomic mass is 10.1. The summed E-state index contributed by atoms with van der Waals surface area (Å²) in [4.78, 5) is 41.3. The molecule has 0 aliphatic carbocycles. The van der Waals surface area contributed by atoms with Crippen molar-refractivity contribution >= 4 is 22.6 Å². The van der Waals surface area contributed by atoms with E-state index in [9.17, 15) is 27.6 Å². The van der Waals surface area contributed by atoms with Crippen LogP contribution in [0.5, 0.6) is 0 Å². The highest BCUT2D eigenvalue weighted by Gasteiger charge is 2.30. The fourth-order valence-corrected chi connectivity index (χ4v) is 2.78. The summed E-state index contributed by atoms with van der Waals surface area (Å²) in [6.07, 6.45) is -3.12. The summed E-state index contributed by atoms with van der Waals surface area (Å²) < 4.78 is 40.1. The molecule has 0 radical (unpaired) electrons. The number of hydrogen-bond acceptors (Lipinski definition) is 4. The Morgan fingerprint density at radius 1 is 1.07 bits per heavy atom. The third-order valence-electron chi connectivity index (χ3n) is 4.37. The van der Waals surface area contributed by atoms with E-state index in [2.05, 4.69) is 10.3 Å². The maximum Gasteiger partial charge on any atom is 0.416 e. The Kier molecular flexibility index (Phi) is 4.58. The van der Waals surface area contributed by atoms with Gasteiger partial charge in [-0.15, -0.1) is 0 Å². The first-order chi connectivity index (χ1) is 13.0. The lowest BCUT2D eigenvalue weighted by Gasteiger charge is -2.14. The van der Waals surface area contributed by atoms with Crippen molar-refractivity contribution in [2.45, 2.75) is 13.1 Å². The minimum Gasteiger partial charge on any atom is -0.321 e. The highest BCUT2D eigenvalue weighted by atomic mass is 19.4. The minimum absolute atomic E-state index is 0.0148. The Morgan fingerprint density at radius 3 is 2.25 bits per heavy atom. The molecule has 0 fully saturated rings. The van der Waals surface area contributed by atoms with Crippen LogP contribution in [0.4, 0.5) is 18.9 Å². The van der Waals surface area contributed by atoms with Crippen LogP contribution in [-0.4, -0.2) is 20.0 Å². The number of halogens is 3. The van der Waals surface area contributed by atoms with Crippen molar-refractivity contribution in [1.29, 1.82) is 0 Å². The minimum atomic E-state index is -4.51. The lowest BCUT2D eigenvalue weighted by molar-refractivity contribution is -0.137. The van der Waals surface area contributed by atoms with Crippen LogP contribution >= 0.6 is 0 Å². The summed E-state index contributed by atoms with van der Waals surface area (Å²) in [6, 6.07) is 3.69. The molecule has 0 atom stereocenters. The summed E-state index contributed by atoms with van der Waals surface area (Å²) in [5, 5.41) is 2.59. The Bertz CT molecular complexity index is 1210. The number of pyridine rings is 1. The van der Waals surface area contributed by atoms with E-state index in [1.165, 1.54) is 24.9 Å². The Balaban J connectivity index is 2.10. The van der Waals surface area contributed by atoms with Gasteiger partial charge in [0.25, 0.3) is 11.5 Å². The van der Waals surface area contributed by atoms with Gasteiger partial charge in [0.2, 0.25) is 0 Å². The second kappa shape index (κ2) is 6.63. The third kappa shape index (κ3) is 3.17. The standard InChI is InChI=1S/C18H15F3N4O3/c1-9-8-22-14-12(16(27)25(3)17(28)24(14)2)13(9)23-15(26)10-4-6-11(7-5-10)18(19,20)21/h4-8H,1-3H3,(H,22,23,26). The van der Waals surface area contributed by atoms with E-state index < -0.39 is 28.9 Å². The predicted octanol–water partition coefficient (Wildman–Crippen LogP) is 2.21. The zero-order chi connectivity index (χ0) is 20.8. The van der Waals surface area contributed by atoms with Gasteiger partial charge < -0.3 is 5.32 Å². The van der Waals surface area contributed by atoms with Crippen molar-refractivity contribution in [1.82, 2.24) is 14.1 Å². The van der Waals surface area contributed by atoms with Gasteiger partial charge in [-0.2, -0.15) is 13.2 Å². The van der Waals surface area contributed by atoms with Crippen molar-refractivity contribution in [2.75, 3.05) is 5.32 Å². The molecule has 0 aliphatic heterocycles. The number of aryl methyl sites for hydroxylation is 2. The molecule has 0 aliphatic rings. The topological polar surface area (TPSA) is 86.0 Å². The molecule has 3 aromatic rings. The van der Waals surface area contributed by atoms with Gasteiger partial charge in [-0.1, -0.05) is 0 Å². The smallest absolute Gasteiger partial charge is 0.321 e. The number of fused-ring (bicyclic) bond motifs is 1. The number of hydrogen-bond donors (Lipinski definition) is 1. The molecule has 28 heavy (non-hydrogen) atoms. The second-order valence-electron chi connectivity index (χ2n) is 6.25. The number of amides is 1. The molecule has 1 N–H and O–H groups in total. The number of alkyl halides is 3. The molecule has 10 heteroatoms. The molecule has 146 valence electrons. The molecule has 2 heterocycles. The average molecular weight is 392 g/mol. The van der Waals surface area contributed by atoms with Gasteiger partial charge >= 0.3 is 11.9 Å². The van der Waals surface area contributed by atoms with Crippen LogP contribution in [0.3, 0.4) is 0 Å². The number of anilines is 1. The predicted molar refractivity (Wildman–Crippen MR) is 96.4 cm³/mol. The van der Waals surface area contributed by atoms with Gasteiger partial charge in [0, 0.05) is 25.9 Å². The Labute approximate surface area is 156 Å². The van der Waals surface area contributed by atoms with Crippen LogP contribution in [0, 0.1) is 6.92 Å². The molecule has 0 saturated heterocycles. The first-order valence-electron chi connectivity index (χ1n) is 8.06. The fraction of sp³-hybridized carbons (Fsp3) is 0.222. The van der Waals surface area contributed by atoms with Crippen LogP contribution in [0.2, 0.25) is 0 Å². The van der Waals surface area contributed by atoms with Crippen LogP contribution in [0.15, 0.2) is 40.1 Å². The molecule has 0 unspecified atom stereocenters. The molecule has 1 amide bonds. The molecule has 1 aromatic carbocycles. The van der Waals surface area contributed by atoms with E-state index in [-0.39, 0.29) is 22.3 Å². The zero-order valence-electron chi connectivity index (χ0n) is 15.1. The Hall–Kier alpha value is -3.43. The normalized spacial score (nSPS) is 11.6. The van der Waals surface area contributed by atoms with E-state index in [4.69, 9.17) is 0 Å². The van der Waals surface area contributed by atoms with Crippen molar-refractivity contribution in [2.24, 2.45) is 14.1 Å². The van der Waals surface area contributed by atoms with E-state index in [1.54, 1.807) is 6.92 Å². The molecule has 7 nitrogen and oxygen atoms in total. The highest BCUT2D eigenvalue weighted by molar-refractivity contribution is 6.08. The first kappa shape index (κ1) is 19.3. The van der Waals surface area contributed by atoms with E-state index in [1.807, 2.05) is 0 Å². The number of aromatic nitrogens is 3. The first-order valence-corrected chi connectivity index (χ1v) is 8.06. The van der Waals surface area contributed by atoms with Gasteiger partial charge in [-0.25, -0.2) is 9.78 Å². The van der Waals surface area contributed by atoms with Gasteiger partial charge in [0.15, 0.2) is 5.65 Å². The monoisotopic (exact) mass is 392 g/mol. The van der Waals surface area contributed by atoms with Gasteiger partial charge in [-0.05, 0) is 36.8 Å². The SMILES string of the molecule is Cc1cnc2c(c1NC(=O)c1ccc(C(F)(F)F)cc1)c(=O)n(C)c(=O)n2C. The fourth-order valence-electron chi connectivity index (χ4n) is 2.78. The van der Waals surface area contributed by atoms with Crippen LogP contribution < -0.4 is 16.6 Å². The molecular formula is C18H15F3N4O3. The van der Waals surface area contributed by atoms with Crippen molar-refractivity contribution in [3.05, 3.63) is 68.0 Å². The average Bonchev–Trinajstić information content (AvgIpc) is 2.65. The second-order valence-corrected chi connectivity index (χ2v) is 6.25. The highest BCUT2D eigenvalue weighted by Crippen LogP contribution is 2.29. The molecule has 0 saturated carbocycles. The quantitative estimate of drug-likeness (QED) is 0.725. The third-order valence-corrected chi connectivity index (χ3v) is 4.37. The molecule has 3 rings (SSSR count). The van der Waals surface area contributed by atoms with Gasteiger partial charge in [0.05, 0.1) is 11.3 Å². The van der Waals surface area contributed by atoms with Crippen LogP contribution in [0.25, 0.3) is 11.0 Å². The summed E-state index contributed by atoms with van der Waals surface area (Å²) in [5.41, 5.74) is -1.42. The van der Waals surface area contributed by atoms with E-state index in [0.717, 1.165) is 28.8 Å². The summed E-state index contributed by atoms with van der Waals surface area (Å²) in [5.74, 6) is -0.694. The summed E-state index contributed by atoms with van der Waals surface area (Å²) >= 11 is 0. The molecule has 0 spiro atoms. The molecular weight excluding hydrogens is 377 g/mol. The van der Waals surface area contributed by atoms with Crippen LogP contribution in [0.1, 0.15) is 21.5 Å². The Morgan fingerprint density at radius 2 is 1.68 bits per heavy atom. The number of rotatable bonds is 2. The number of carbonyl (C=O) groups excluding carboxylic acids is 1. The number of nitrogens with one attached hydrogen (secondary N) is 1. The van der Waals surface area contributed by atoms with Crippen molar-refractivity contribution in [3.63, 3.8) is 0 Å². The van der Waals surface area contributed by atoms with E-state index >= 15 is 0 Å². The van der Waals surface area contributed by atoms with Gasteiger partial charge in [-0.3, -0.25) is 18.7 Å². The molecule has 0 bridgehead atoms. The summed E-state index contributed by atoms with van der Waals surface area (Å²) in [7, 11) is 2.74. The van der Waals surface area contributed by atoms with E-state index in [0.29, 0.717) is 5.56 Å². The maximum absolute atomic E-state index is 12.7. The van der Waals surface area contributed by atoms with Crippen LogP contribution in [-0.2, 0) is 20.3 Å². The number of benzene rings is 1. The maximum atomic E-state index is 12.7. The lowest BCUT2D eigenvalue weighted by Crippen LogP contribution is -2.37. The largest absolute Gasteiger partial charge is 0.416 e. The number of carbonyl (C=O) groups is 1. The van der Waals surface area contributed by atoms with Crippen molar-refractivity contribution < 1.29 is 18.0 Å². The van der Waals surface area contributed by atoms with Gasteiger partial charge in [0.1, 0.15) is 5.39 Å². The summed E-state index contributed by atoms with van der Waals surface area (Å²) in [6.45, 7) is 1.61. The zero-order valence-corrected chi connectivity index (χ0v) is 15.1. The number of nitrogens with zero attached hydrogens (tertiary/aromatic N) is 3. The van der Waals surface area contributed by atoms with Crippen molar-refractivity contribution in [3.8, 4) is 0 Å². The molecule has 2 aromatic heterocycles.